The van der Waals surface area contributed by atoms with Gasteiger partial charge in [-0.15, -0.1) is 0 Å². The topological polar surface area (TPSA) is 61.4 Å². The van der Waals surface area contributed by atoms with Crippen molar-refractivity contribution in [2.24, 2.45) is 0 Å². The van der Waals surface area contributed by atoms with E-state index in [0.717, 1.165) is 38.9 Å². The molecule has 0 aliphatic carbocycles. The van der Waals surface area contributed by atoms with E-state index in [1.165, 1.54) is 0 Å². The molecule has 2 amide bonds. The first-order valence-corrected chi connectivity index (χ1v) is 6.03. The van der Waals surface area contributed by atoms with Gasteiger partial charge in [-0.3, -0.25) is 9.59 Å². The molecule has 2 N–H and O–H groups in total. The Morgan fingerprint density at radius 1 is 1.50 bits per heavy atom. The molecule has 2 rings (SSSR count). The van der Waals surface area contributed by atoms with E-state index in [0.29, 0.717) is 6.42 Å². The molecule has 5 heteroatoms. The quantitative estimate of drug-likeness (QED) is 0.679. The summed E-state index contributed by atoms with van der Waals surface area (Å²) in [6, 6.07) is 0.243. The van der Waals surface area contributed by atoms with Crippen LogP contribution >= 0.6 is 0 Å². The maximum absolute atomic E-state index is 11.7. The van der Waals surface area contributed by atoms with Gasteiger partial charge < -0.3 is 15.5 Å². The van der Waals surface area contributed by atoms with E-state index in [-0.39, 0.29) is 24.4 Å². The molecule has 2 fully saturated rings. The lowest BCUT2D eigenvalue weighted by Gasteiger charge is -2.26. The second-order valence-electron chi connectivity index (χ2n) is 4.53. The first-order valence-electron chi connectivity index (χ1n) is 6.03. The summed E-state index contributed by atoms with van der Waals surface area (Å²) in [6.07, 6.45) is 3.56. The Bertz CT molecular complexity index is 274. The van der Waals surface area contributed by atoms with Gasteiger partial charge in [-0.2, -0.15) is 0 Å². The second-order valence-corrected chi connectivity index (χ2v) is 4.53. The summed E-state index contributed by atoms with van der Waals surface area (Å²) in [5.74, 6) is 0.0925. The highest BCUT2D eigenvalue weighted by Gasteiger charge is 2.22. The fraction of sp³-hybridized carbons (Fsp3) is 0.818. The predicted molar refractivity (Wildman–Crippen MR) is 59.8 cm³/mol. The van der Waals surface area contributed by atoms with Gasteiger partial charge in [0.1, 0.15) is 0 Å². The van der Waals surface area contributed by atoms with Crippen LogP contribution in [0.1, 0.15) is 25.7 Å². The van der Waals surface area contributed by atoms with E-state index < -0.39 is 0 Å². The van der Waals surface area contributed by atoms with Crippen LogP contribution in [0.3, 0.4) is 0 Å². The zero-order valence-corrected chi connectivity index (χ0v) is 9.50. The van der Waals surface area contributed by atoms with E-state index >= 15 is 0 Å². The minimum absolute atomic E-state index is 0.0241. The second kappa shape index (κ2) is 5.30. The first-order chi connectivity index (χ1) is 7.75. The lowest BCUT2D eigenvalue weighted by molar-refractivity contribution is -0.138. The standard InChI is InChI=1S/C11H19N3O2/c15-10(13-9-4-5-12-7-9)8-14-6-2-1-3-11(14)16/h9,12H,1-8H2,(H,13,15). The van der Waals surface area contributed by atoms with Crippen LogP contribution in [0.2, 0.25) is 0 Å². The average molecular weight is 225 g/mol. The third-order valence-electron chi connectivity index (χ3n) is 3.18. The van der Waals surface area contributed by atoms with Gasteiger partial charge in [-0.05, 0) is 25.8 Å². The zero-order valence-electron chi connectivity index (χ0n) is 9.50. The maximum Gasteiger partial charge on any atom is 0.239 e. The van der Waals surface area contributed by atoms with E-state index in [1.807, 2.05) is 0 Å². The van der Waals surface area contributed by atoms with Crippen LogP contribution in [0.25, 0.3) is 0 Å². The highest BCUT2D eigenvalue weighted by Crippen LogP contribution is 2.09. The Morgan fingerprint density at radius 2 is 2.38 bits per heavy atom. The summed E-state index contributed by atoms with van der Waals surface area (Å²) in [6.45, 7) is 2.78. The number of amides is 2. The number of likely N-dealkylation sites (tertiary alicyclic amines) is 1. The highest BCUT2D eigenvalue weighted by atomic mass is 16.2. The Morgan fingerprint density at radius 3 is 3.06 bits per heavy atom. The van der Waals surface area contributed by atoms with Crippen LogP contribution in [-0.2, 0) is 9.59 Å². The molecule has 2 aliphatic heterocycles. The molecule has 0 spiro atoms. The van der Waals surface area contributed by atoms with Crippen LogP contribution in [0.5, 0.6) is 0 Å². The SMILES string of the molecule is O=C(CN1CCCCC1=O)NC1CCNC1. The van der Waals surface area contributed by atoms with Gasteiger partial charge in [0.25, 0.3) is 0 Å². The fourth-order valence-corrected chi connectivity index (χ4v) is 2.25. The first kappa shape index (κ1) is 11.4. The highest BCUT2D eigenvalue weighted by molar-refractivity contribution is 5.85. The molecular formula is C11H19N3O2. The van der Waals surface area contributed by atoms with Crippen LogP contribution < -0.4 is 10.6 Å². The molecule has 0 bridgehead atoms. The van der Waals surface area contributed by atoms with Crippen molar-refractivity contribution in [3.05, 3.63) is 0 Å². The number of nitrogens with zero attached hydrogens (tertiary/aromatic N) is 1. The number of carbonyl (C=O) groups excluding carboxylic acids is 2. The van der Waals surface area contributed by atoms with Gasteiger partial charge in [-0.1, -0.05) is 0 Å². The van der Waals surface area contributed by atoms with Gasteiger partial charge in [0.05, 0.1) is 6.54 Å². The van der Waals surface area contributed by atoms with Gasteiger partial charge in [0.15, 0.2) is 0 Å². The van der Waals surface area contributed by atoms with Gasteiger partial charge in [-0.25, -0.2) is 0 Å². The normalized spacial score (nSPS) is 25.9. The molecule has 0 aromatic heterocycles. The zero-order chi connectivity index (χ0) is 11.4. The summed E-state index contributed by atoms with van der Waals surface area (Å²) in [4.78, 5) is 24.8. The van der Waals surface area contributed by atoms with Crippen molar-refractivity contribution < 1.29 is 9.59 Å². The third-order valence-corrected chi connectivity index (χ3v) is 3.18. The van der Waals surface area contributed by atoms with Crippen molar-refractivity contribution in [3.8, 4) is 0 Å². The molecule has 1 atom stereocenters. The van der Waals surface area contributed by atoms with Crippen LogP contribution in [-0.4, -0.2) is 48.9 Å². The number of piperidine rings is 1. The van der Waals surface area contributed by atoms with Crippen molar-refractivity contribution >= 4 is 11.8 Å². The van der Waals surface area contributed by atoms with E-state index in [4.69, 9.17) is 0 Å². The lowest BCUT2D eigenvalue weighted by Crippen LogP contribution is -2.46. The summed E-state index contributed by atoms with van der Waals surface area (Å²) in [7, 11) is 0. The molecule has 2 aliphatic rings. The fourth-order valence-electron chi connectivity index (χ4n) is 2.25. The summed E-state index contributed by atoms with van der Waals surface area (Å²) < 4.78 is 0. The Balaban J connectivity index is 1.75. The maximum atomic E-state index is 11.7. The number of hydrogen-bond acceptors (Lipinski definition) is 3. The van der Waals surface area contributed by atoms with Crippen LogP contribution in [0.4, 0.5) is 0 Å². The third kappa shape index (κ3) is 2.95. The lowest BCUT2D eigenvalue weighted by atomic mass is 10.1. The number of nitrogens with one attached hydrogen (secondary N) is 2. The molecule has 2 saturated heterocycles. The molecule has 5 nitrogen and oxygen atoms in total. The van der Waals surface area contributed by atoms with E-state index in [1.54, 1.807) is 4.90 Å². The molecule has 0 aromatic carbocycles. The Hall–Kier alpha value is -1.10. The number of rotatable bonds is 3. The molecule has 2 heterocycles. The Kier molecular flexibility index (Phi) is 3.77. The smallest absolute Gasteiger partial charge is 0.239 e. The minimum atomic E-state index is -0.0241. The summed E-state index contributed by atoms with van der Waals surface area (Å²) >= 11 is 0. The molecular weight excluding hydrogens is 206 g/mol. The molecule has 16 heavy (non-hydrogen) atoms. The molecule has 0 radical (unpaired) electrons. The van der Waals surface area contributed by atoms with Crippen molar-refractivity contribution in [3.63, 3.8) is 0 Å². The minimum Gasteiger partial charge on any atom is -0.351 e. The molecule has 0 aromatic rings. The van der Waals surface area contributed by atoms with E-state index in [2.05, 4.69) is 10.6 Å². The molecule has 90 valence electrons. The van der Waals surface area contributed by atoms with Gasteiger partial charge >= 0.3 is 0 Å². The van der Waals surface area contributed by atoms with Gasteiger partial charge in [0, 0.05) is 25.6 Å². The van der Waals surface area contributed by atoms with Crippen molar-refractivity contribution in [1.29, 1.82) is 0 Å². The average Bonchev–Trinajstić information content (AvgIpc) is 2.74. The largest absolute Gasteiger partial charge is 0.351 e. The summed E-state index contributed by atoms with van der Waals surface area (Å²) in [5, 5.41) is 6.15. The number of hydrogen-bond donors (Lipinski definition) is 2. The van der Waals surface area contributed by atoms with E-state index in [9.17, 15) is 9.59 Å². The van der Waals surface area contributed by atoms with Crippen molar-refractivity contribution in [2.75, 3.05) is 26.2 Å². The Labute approximate surface area is 95.6 Å². The number of carbonyl (C=O) groups is 2. The van der Waals surface area contributed by atoms with Crippen LogP contribution in [0, 0.1) is 0 Å². The van der Waals surface area contributed by atoms with Crippen LogP contribution in [0.15, 0.2) is 0 Å². The molecule has 0 saturated carbocycles. The van der Waals surface area contributed by atoms with Crippen molar-refractivity contribution in [1.82, 2.24) is 15.5 Å². The van der Waals surface area contributed by atoms with Crippen molar-refractivity contribution in [2.45, 2.75) is 31.7 Å². The summed E-state index contributed by atoms with van der Waals surface area (Å²) in [5.41, 5.74) is 0. The monoisotopic (exact) mass is 225 g/mol. The van der Waals surface area contributed by atoms with Gasteiger partial charge in [0.2, 0.25) is 11.8 Å². The molecule has 1 unspecified atom stereocenters. The predicted octanol–water partition coefficient (Wildman–Crippen LogP) is -0.523.